The van der Waals surface area contributed by atoms with Gasteiger partial charge in [0.05, 0.1) is 6.54 Å². The fourth-order valence-electron chi connectivity index (χ4n) is 3.58. The number of nitrogens with zero attached hydrogens (tertiary/aromatic N) is 1. The van der Waals surface area contributed by atoms with Crippen molar-refractivity contribution in [1.29, 1.82) is 0 Å². The van der Waals surface area contributed by atoms with Gasteiger partial charge in [-0.25, -0.2) is 0 Å². The highest BCUT2D eigenvalue weighted by Crippen LogP contribution is 2.37. The van der Waals surface area contributed by atoms with Crippen LogP contribution in [0.15, 0.2) is 46.9 Å². The van der Waals surface area contributed by atoms with Gasteiger partial charge in [-0.1, -0.05) is 22.0 Å². The van der Waals surface area contributed by atoms with Crippen molar-refractivity contribution in [3.05, 3.63) is 52.5 Å². The third kappa shape index (κ3) is 3.86. The van der Waals surface area contributed by atoms with Crippen LogP contribution in [0.3, 0.4) is 0 Å². The second kappa shape index (κ2) is 7.68. The van der Waals surface area contributed by atoms with Crippen LogP contribution < -0.4 is 14.8 Å². The minimum absolute atomic E-state index is 0.0109. The Morgan fingerprint density at radius 1 is 1.12 bits per heavy atom. The average Bonchev–Trinajstić information content (AvgIpc) is 3.11. The van der Waals surface area contributed by atoms with E-state index in [-0.39, 0.29) is 11.9 Å². The standard InChI is InChI=1S/C20H21BrN2O3/c21-15-4-6-16(7-5-15)22-20(24)13-23-9-1-2-17(23)14-3-8-18-19(12-14)26-11-10-25-18/h3-8,12,17H,1-2,9-11,13H2,(H,22,24)/t17-/m0/s1. The van der Waals surface area contributed by atoms with Gasteiger partial charge in [-0.15, -0.1) is 0 Å². The summed E-state index contributed by atoms with van der Waals surface area (Å²) in [7, 11) is 0. The number of halogens is 1. The molecule has 1 fully saturated rings. The Morgan fingerprint density at radius 3 is 2.69 bits per heavy atom. The molecule has 1 amide bonds. The van der Waals surface area contributed by atoms with Crippen LogP contribution in [0.25, 0.3) is 0 Å². The summed E-state index contributed by atoms with van der Waals surface area (Å²) < 4.78 is 12.3. The molecule has 136 valence electrons. The molecule has 2 aliphatic rings. The van der Waals surface area contributed by atoms with Crippen molar-refractivity contribution in [2.75, 3.05) is 31.6 Å². The van der Waals surface area contributed by atoms with Gasteiger partial charge in [-0.3, -0.25) is 9.69 Å². The van der Waals surface area contributed by atoms with Gasteiger partial charge in [0.25, 0.3) is 0 Å². The van der Waals surface area contributed by atoms with Crippen LogP contribution >= 0.6 is 15.9 Å². The number of hydrogen-bond donors (Lipinski definition) is 1. The number of nitrogens with one attached hydrogen (secondary N) is 1. The molecule has 0 spiro atoms. The number of ether oxygens (including phenoxy) is 2. The van der Waals surface area contributed by atoms with Crippen molar-refractivity contribution in [2.24, 2.45) is 0 Å². The summed E-state index contributed by atoms with van der Waals surface area (Å²) in [6.07, 6.45) is 2.13. The molecule has 1 saturated heterocycles. The van der Waals surface area contributed by atoms with E-state index in [0.29, 0.717) is 19.8 Å². The molecule has 0 bridgehead atoms. The zero-order chi connectivity index (χ0) is 17.9. The van der Waals surface area contributed by atoms with Crippen molar-refractivity contribution in [2.45, 2.75) is 18.9 Å². The summed E-state index contributed by atoms with van der Waals surface area (Å²) in [5.41, 5.74) is 2.00. The molecule has 2 heterocycles. The maximum absolute atomic E-state index is 12.5. The molecule has 0 radical (unpaired) electrons. The summed E-state index contributed by atoms with van der Waals surface area (Å²) in [6.45, 7) is 2.49. The Labute approximate surface area is 161 Å². The molecule has 1 atom stereocenters. The van der Waals surface area contributed by atoms with E-state index in [9.17, 15) is 4.79 Å². The molecular formula is C20H21BrN2O3. The number of carbonyl (C=O) groups excluding carboxylic acids is 1. The van der Waals surface area contributed by atoms with Gasteiger partial charge in [0.2, 0.25) is 5.91 Å². The lowest BCUT2D eigenvalue weighted by atomic mass is 10.0. The van der Waals surface area contributed by atoms with Gasteiger partial charge in [0, 0.05) is 16.2 Å². The predicted molar refractivity (Wildman–Crippen MR) is 104 cm³/mol. The van der Waals surface area contributed by atoms with Crippen LogP contribution in [0.5, 0.6) is 11.5 Å². The zero-order valence-electron chi connectivity index (χ0n) is 14.4. The van der Waals surface area contributed by atoms with Crippen LogP contribution in [-0.4, -0.2) is 37.1 Å². The number of benzene rings is 2. The Balaban J connectivity index is 1.43. The highest BCUT2D eigenvalue weighted by Gasteiger charge is 2.28. The average molecular weight is 417 g/mol. The van der Waals surface area contributed by atoms with Gasteiger partial charge in [-0.05, 0) is 61.3 Å². The van der Waals surface area contributed by atoms with E-state index in [4.69, 9.17) is 9.47 Å². The first kappa shape index (κ1) is 17.4. The summed E-state index contributed by atoms with van der Waals surface area (Å²) in [6, 6.07) is 14.0. The summed E-state index contributed by atoms with van der Waals surface area (Å²) in [4.78, 5) is 14.7. The molecule has 2 aromatic rings. The lowest BCUT2D eigenvalue weighted by Crippen LogP contribution is -2.33. The zero-order valence-corrected chi connectivity index (χ0v) is 16.0. The summed E-state index contributed by atoms with van der Waals surface area (Å²) >= 11 is 3.40. The van der Waals surface area contributed by atoms with E-state index in [1.54, 1.807) is 0 Å². The first-order chi connectivity index (χ1) is 12.7. The Kier molecular flexibility index (Phi) is 5.13. The third-order valence-electron chi connectivity index (χ3n) is 4.79. The number of fused-ring (bicyclic) bond motifs is 1. The molecule has 1 N–H and O–H groups in total. The smallest absolute Gasteiger partial charge is 0.238 e. The van der Waals surface area contributed by atoms with Crippen LogP contribution in [0, 0.1) is 0 Å². The normalized spacial score (nSPS) is 19.3. The second-order valence-electron chi connectivity index (χ2n) is 6.59. The Hall–Kier alpha value is -2.05. The molecule has 6 heteroatoms. The van der Waals surface area contributed by atoms with Crippen molar-refractivity contribution in [1.82, 2.24) is 4.90 Å². The molecule has 2 aromatic carbocycles. The summed E-state index contributed by atoms with van der Waals surface area (Å²) in [5.74, 6) is 1.62. The minimum Gasteiger partial charge on any atom is -0.486 e. The highest BCUT2D eigenvalue weighted by atomic mass is 79.9. The number of anilines is 1. The maximum Gasteiger partial charge on any atom is 0.238 e. The van der Waals surface area contributed by atoms with E-state index in [1.807, 2.05) is 30.3 Å². The Morgan fingerprint density at radius 2 is 1.88 bits per heavy atom. The maximum atomic E-state index is 12.5. The number of amides is 1. The fraction of sp³-hybridized carbons (Fsp3) is 0.350. The SMILES string of the molecule is O=C(CN1CCC[C@H]1c1ccc2c(c1)OCCO2)Nc1ccc(Br)cc1. The minimum atomic E-state index is 0.0109. The first-order valence-electron chi connectivity index (χ1n) is 8.88. The topological polar surface area (TPSA) is 50.8 Å². The quantitative estimate of drug-likeness (QED) is 0.818. The highest BCUT2D eigenvalue weighted by molar-refractivity contribution is 9.10. The van der Waals surface area contributed by atoms with Gasteiger partial charge >= 0.3 is 0 Å². The molecule has 0 aromatic heterocycles. The number of rotatable bonds is 4. The van der Waals surface area contributed by atoms with Crippen LogP contribution in [-0.2, 0) is 4.79 Å². The van der Waals surface area contributed by atoms with E-state index in [2.05, 4.69) is 38.3 Å². The van der Waals surface area contributed by atoms with Crippen LogP contribution in [0.4, 0.5) is 5.69 Å². The first-order valence-corrected chi connectivity index (χ1v) is 9.67. The van der Waals surface area contributed by atoms with Crippen molar-refractivity contribution < 1.29 is 14.3 Å². The van der Waals surface area contributed by atoms with Crippen LogP contribution in [0.1, 0.15) is 24.4 Å². The molecule has 4 rings (SSSR count). The third-order valence-corrected chi connectivity index (χ3v) is 5.32. The number of carbonyl (C=O) groups is 1. The molecule has 0 unspecified atom stereocenters. The molecule has 0 aliphatic carbocycles. The van der Waals surface area contributed by atoms with Crippen LogP contribution in [0.2, 0.25) is 0 Å². The molecular weight excluding hydrogens is 396 g/mol. The van der Waals surface area contributed by atoms with Crippen molar-refractivity contribution >= 4 is 27.5 Å². The predicted octanol–water partition coefficient (Wildman–Crippen LogP) is 4.00. The second-order valence-corrected chi connectivity index (χ2v) is 7.50. The lowest BCUT2D eigenvalue weighted by Gasteiger charge is -2.26. The molecule has 26 heavy (non-hydrogen) atoms. The lowest BCUT2D eigenvalue weighted by molar-refractivity contribution is -0.117. The molecule has 0 saturated carbocycles. The van der Waals surface area contributed by atoms with E-state index >= 15 is 0 Å². The van der Waals surface area contributed by atoms with Gasteiger partial charge < -0.3 is 14.8 Å². The fourth-order valence-corrected chi connectivity index (χ4v) is 3.84. The van der Waals surface area contributed by atoms with Gasteiger partial charge in [-0.2, -0.15) is 0 Å². The van der Waals surface area contributed by atoms with E-state index in [1.165, 1.54) is 5.56 Å². The van der Waals surface area contributed by atoms with Gasteiger partial charge in [0.15, 0.2) is 11.5 Å². The number of likely N-dealkylation sites (tertiary alicyclic amines) is 1. The molecule has 2 aliphatic heterocycles. The van der Waals surface area contributed by atoms with Crippen molar-refractivity contribution in [3.8, 4) is 11.5 Å². The largest absolute Gasteiger partial charge is 0.486 e. The summed E-state index contributed by atoms with van der Waals surface area (Å²) in [5, 5.41) is 2.97. The van der Waals surface area contributed by atoms with Gasteiger partial charge in [0.1, 0.15) is 13.2 Å². The van der Waals surface area contributed by atoms with E-state index in [0.717, 1.165) is 41.0 Å². The monoisotopic (exact) mass is 416 g/mol. The number of hydrogen-bond acceptors (Lipinski definition) is 4. The van der Waals surface area contributed by atoms with Crippen molar-refractivity contribution in [3.63, 3.8) is 0 Å². The van der Waals surface area contributed by atoms with E-state index < -0.39 is 0 Å². The molecule has 5 nitrogen and oxygen atoms in total. The Bertz CT molecular complexity index is 794.